The second-order valence-electron chi connectivity index (χ2n) is 6.93. The van der Waals surface area contributed by atoms with Crippen LogP contribution in [-0.4, -0.2) is 18.5 Å². The highest BCUT2D eigenvalue weighted by Gasteiger charge is 2.25. The fourth-order valence-corrected chi connectivity index (χ4v) is 3.40. The van der Waals surface area contributed by atoms with E-state index in [4.69, 9.17) is 13.9 Å². The lowest BCUT2D eigenvalue weighted by Crippen LogP contribution is -2.11. The smallest absolute Gasteiger partial charge is 0.248 e. The number of anilines is 1. The van der Waals surface area contributed by atoms with Gasteiger partial charge in [-0.1, -0.05) is 42.5 Å². The zero-order valence-corrected chi connectivity index (χ0v) is 16.3. The van der Waals surface area contributed by atoms with E-state index in [0.29, 0.717) is 33.7 Å². The van der Waals surface area contributed by atoms with Crippen molar-refractivity contribution in [3.05, 3.63) is 95.8 Å². The SMILES string of the molecule is O=C(/C=C/c1ccccc1)Nc1c(C(=O)c2ccc3c(c2)OCO3)oc2ccccc12. The predicted octanol–water partition coefficient (Wildman–Crippen LogP) is 5.04. The Balaban J connectivity index is 1.49. The van der Waals surface area contributed by atoms with Crippen molar-refractivity contribution in [3.8, 4) is 11.5 Å². The van der Waals surface area contributed by atoms with Crippen LogP contribution in [0.3, 0.4) is 0 Å². The van der Waals surface area contributed by atoms with Crippen molar-refractivity contribution in [1.29, 1.82) is 0 Å². The summed E-state index contributed by atoms with van der Waals surface area (Å²) in [6, 6.07) is 21.6. The van der Waals surface area contributed by atoms with Crippen LogP contribution in [0.1, 0.15) is 21.7 Å². The molecule has 1 aromatic heterocycles. The molecule has 0 saturated carbocycles. The van der Waals surface area contributed by atoms with Crippen molar-refractivity contribution < 1.29 is 23.5 Å². The van der Waals surface area contributed by atoms with Gasteiger partial charge in [0.25, 0.3) is 0 Å². The van der Waals surface area contributed by atoms with Gasteiger partial charge in [0.2, 0.25) is 18.5 Å². The molecule has 1 N–H and O–H groups in total. The molecule has 0 saturated heterocycles. The van der Waals surface area contributed by atoms with E-state index >= 15 is 0 Å². The molecule has 0 unspecified atom stereocenters. The number of carbonyl (C=O) groups is 2. The van der Waals surface area contributed by atoms with Crippen LogP contribution in [0, 0.1) is 0 Å². The van der Waals surface area contributed by atoms with Crippen molar-refractivity contribution in [1.82, 2.24) is 0 Å². The van der Waals surface area contributed by atoms with E-state index in [1.807, 2.05) is 42.5 Å². The fourth-order valence-electron chi connectivity index (χ4n) is 3.40. The molecular formula is C25H17NO5. The minimum atomic E-state index is -0.366. The Morgan fingerprint density at radius 1 is 0.871 bits per heavy atom. The number of carbonyl (C=O) groups excluding carboxylic acids is 2. The van der Waals surface area contributed by atoms with Crippen molar-refractivity contribution in [2.75, 3.05) is 12.1 Å². The molecule has 1 aliphatic rings. The maximum atomic E-state index is 13.2. The summed E-state index contributed by atoms with van der Waals surface area (Å²) < 4.78 is 16.5. The average Bonchev–Trinajstić information content (AvgIpc) is 3.42. The third-order valence-corrected chi connectivity index (χ3v) is 4.91. The van der Waals surface area contributed by atoms with Crippen molar-refractivity contribution >= 4 is 34.4 Å². The Bertz CT molecular complexity index is 1320. The number of ketones is 1. The van der Waals surface area contributed by atoms with E-state index < -0.39 is 0 Å². The monoisotopic (exact) mass is 411 g/mol. The Labute approximate surface area is 177 Å². The third kappa shape index (κ3) is 3.67. The zero-order chi connectivity index (χ0) is 21.2. The van der Waals surface area contributed by atoms with Gasteiger partial charge in [-0.05, 0) is 42.0 Å². The molecule has 4 aromatic rings. The van der Waals surface area contributed by atoms with Crippen LogP contribution in [-0.2, 0) is 4.79 Å². The van der Waals surface area contributed by atoms with Crippen LogP contribution in [0.2, 0.25) is 0 Å². The summed E-state index contributed by atoms with van der Waals surface area (Å²) >= 11 is 0. The zero-order valence-electron chi connectivity index (χ0n) is 16.3. The summed E-state index contributed by atoms with van der Waals surface area (Å²) in [6.07, 6.45) is 3.13. The number of nitrogens with one attached hydrogen (secondary N) is 1. The molecule has 0 aliphatic carbocycles. The number of para-hydroxylation sites is 1. The number of ether oxygens (including phenoxy) is 2. The highest BCUT2D eigenvalue weighted by molar-refractivity contribution is 6.18. The molecule has 0 fully saturated rings. The van der Waals surface area contributed by atoms with E-state index in [-0.39, 0.29) is 24.2 Å². The number of furan rings is 1. The summed E-state index contributed by atoms with van der Waals surface area (Å²) in [5.41, 5.74) is 2.11. The first kappa shape index (κ1) is 18.7. The van der Waals surface area contributed by atoms with Crippen LogP contribution in [0.15, 0.2) is 83.3 Å². The lowest BCUT2D eigenvalue weighted by molar-refractivity contribution is -0.111. The first-order valence-corrected chi connectivity index (χ1v) is 9.69. The van der Waals surface area contributed by atoms with E-state index in [1.165, 1.54) is 6.08 Å². The topological polar surface area (TPSA) is 77.8 Å². The number of hydrogen-bond acceptors (Lipinski definition) is 5. The summed E-state index contributed by atoms with van der Waals surface area (Å²) in [6.45, 7) is 0.118. The van der Waals surface area contributed by atoms with E-state index in [0.717, 1.165) is 5.56 Å². The van der Waals surface area contributed by atoms with Crippen LogP contribution in [0.25, 0.3) is 17.0 Å². The number of fused-ring (bicyclic) bond motifs is 2. The molecule has 1 aliphatic heterocycles. The van der Waals surface area contributed by atoms with Crippen molar-refractivity contribution in [2.24, 2.45) is 0 Å². The van der Waals surface area contributed by atoms with Gasteiger partial charge in [-0.15, -0.1) is 0 Å². The molecule has 152 valence electrons. The van der Waals surface area contributed by atoms with Gasteiger partial charge < -0.3 is 19.2 Å². The molecule has 0 bridgehead atoms. The fraction of sp³-hybridized carbons (Fsp3) is 0.0400. The average molecular weight is 411 g/mol. The Hall–Kier alpha value is -4.32. The molecule has 0 atom stereocenters. The molecule has 3 aromatic carbocycles. The Morgan fingerprint density at radius 2 is 1.65 bits per heavy atom. The largest absolute Gasteiger partial charge is 0.454 e. The van der Waals surface area contributed by atoms with Crippen LogP contribution in [0.5, 0.6) is 11.5 Å². The third-order valence-electron chi connectivity index (χ3n) is 4.91. The lowest BCUT2D eigenvalue weighted by atomic mass is 10.1. The van der Waals surface area contributed by atoms with Gasteiger partial charge in [0.15, 0.2) is 17.3 Å². The highest BCUT2D eigenvalue weighted by Crippen LogP contribution is 2.36. The van der Waals surface area contributed by atoms with Crippen LogP contribution >= 0.6 is 0 Å². The molecule has 31 heavy (non-hydrogen) atoms. The number of amides is 1. The van der Waals surface area contributed by atoms with Crippen molar-refractivity contribution in [3.63, 3.8) is 0 Å². The first-order valence-electron chi connectivity index (χ1n) is 9.69. The summed E-state index contributed by atoms with van der Waals surface area (Å²) in [5.74, 6) is 0.410. The van der Waals surface area contributed by atoms with Gasteiger partial charge in [0, 0.05) is 17.0 Å². The minimum Gasteiger partial charge on any atom is -0.454 e. The highest BCUT2D eigenvalue weighted by atomic mass is 16.7. The standard InChI is InChI=1S/C25H17NO5/c27-22(13-10-16-6-2-1-3-7-16)26-23-18-8-4-5-9-19(18)31-25(23)24(28)17-11-12-20-21(14-17)30-15-29-20/h1-14H,15H2,(H,26,27)/b13-10+. The second kappa shape index (κ2) is 7.84. The van der Waals surface area contributed by atoms with Gasteiger partial charge in [-0.25, -0.2) is 0 Å². The van der Waals surface area contributed by atoms with Crippen LogP contribution < -0.4 is 14.8 Å². The van der Waals surface area contributed by atoms with Gasteiger partial charge in [0.1, 0.15) is 5.58 Å². The molecule has 5 rings (SSSR count). The van der Waals surface area contributed by atoms with E-state index in [2.05, 4.69) is 5.32 Å². The Kier molecular flexibility index (Phi) is 4.72. The summed E-state index contributed by atoms with van der Waals surface area (Å²) in [4.78, 5) is 25.8. The first-order chi connectivity index (χ1) is 15.2. The van der Waals surface area contributed by atoms with Crippen LogP contribution in [0.4, 0.5) is 5.69 Å². The molecule has 6 nitrogen and oxygen atoms in total. The molecule has 6 heteroatoms. The Morgan fingerprint density at radius 3 is 2.52 bits per heavy atom. The van der Waals surface area contributed by atoms with Gasteiger partial charge in [-0.2, -0.15) is 0 Å². The second-order valence-corrected chi connectivity index (χ2v) is 6.93. The number of hydrogen-bond donors (Lipinski definition) is 1. The van der Waals surface area contributed by atoms with Crippen molar-refractivity contribution in [2.45, 2.75) is 0 Å². The molecule has 2 heterocycles. The normalized spacial score (nSPS) is 12.4. The van der Waals surface area contributed by atoms with Gasteiger partial charge in [-0.3, -0.25) is 9.59 Å². The maximum absolute atomic E-state index is 13.2. The number of rotatable bonds is 5. The van der Waals surface area contributed by atoms with Gasteiger partial charge in [0.05, 0.1) is 5.69 Å². The number of benzene rings is 3. The predicted molar refractivity (Wildman–Crippen MR) is 116 cm³/mol. The summed E-state index contributed by atoms with van der Waals surface area (Å²) in [7, 11) is 0. The molecule has 1 amide bonds. The van der Waals surface area contributed by atoms with E-state index in [9.17, 15) is 9.59 Å². The quantitative estimate of drug-likeness (QED) is 0.368. The lowest BCUT2D eigenvalue weighted by Gasteiger charge is -2.05. The molecule has 0 spiro atoms. The summed E-state index contributed by atoms with van der Waals surface area (Å²) in [5, 5.41) is 3.46. The maximum Gasteiger partial charge on any atom is 0.248 e. The van der Waals surface area contributed by atoms with E-state index in [1.54, 1.807) is 36.4 Å². The minimum absolute atomic E-state index is 0.0570. The molecular weight excluding hydrogens is 394 g/mol. The molecule has 0 radical (unpaired) electrons. The van der Waals surface area contributed by atoms with Gasteiger partial charge >= 0.3 is 0 Å².